The average molecular weight is 391 g/mol. The first-order valence-corrected chi connectivity index (χ1v) is 9.19. The number of halogens is 2. The van der Waals surface area contributed by atoms with E-state index in [2.05, 4.69) is 10.3 Å². The highest BCUT2D eigenvalue weighted by molar-refractivity contribution is 5.90. The zero-order valence-corrected chi connectivity index (χ0v) is 15.4. The lowest BCUT2D eigenvalue weighted by molar-refractivity contribution is 0.00539. The van der Waals surface area contributed by atoms with Crippen LogP contribution in [0, 0.1) is 0 Å². The Labute approximate surface area is 162 Å². The van der Waals surface area contributed by atoms with Crippen LogP contribution < -0.4 is 10.1 Å². The van der Waals surface area contributed by atoms with Gasteiger partial charge in [-0.25, -0.2) is 18.6 Å². The van der Waals surface area contributed by atoms with E-state index in [4.69, 9.17) is 9.47 Å². The lowest BCUT2D eigenvalue weighted by Gasteiger charge is -2.32. The molecule has 3 rings (SSSR count). The second-order valence-electron chi connectivity index (χ2n) is 6.47. The Morgan fingerprint density at radius 1 is 1.18 bits per heavy atom. The Morgan fingerprint density at radius 2 is 1.93 bits per heavy atom. The minimum Gasteiger partial charge on any atom is -0.470 e. The molecule has 0 spiro atoms. The lowest BCUT2D eigenvalue weighted by atomic mass is 10.1. The topological polar surface area (TPSA) is 63.7 Å². The molecule has 2 amide bonds. The fourth-order valence-electron chi connectivity index (χ4n) is 2.95. The molecule has 0 radical (unpaired) electrons. The molecular weight excluding hydrogens is 368 g/mol. The second-order valence-corrected chi connectivity index (χ2v) is 6.47. The zero-order valence-electron chi connectivity index (χ0n) is 15.4. The van der Waals surface area contributed by atoms with E-state index in [1.165, 1.54) is 6.20 Å². The minimum absolute atomic E-state index is 0.0165. The predicted octanol–water partition coefficient (Wildman–Crippen LogP) is 3.94. The van der Waals surface area contributed by atoms with Gasteiger partial charge in [0, 0.05) is 19.3 Å². The van der Waals surface area contributed by atoms with E-state index < -0.39 is 13.0 Å². The molecule has 6 nitrogen and oxygen atoms in total. The highest BCUT2D eigenvalue weighted by Gasteiger charge is 2.24. The van der Waals surface area contributed by atoms with Gasteiger partial charge in [0.15, 0.2) is 6.61 Å². The smallest absolute Gasteiger partial charge is 0.321 e. The number of amides is 2. The summed E-state index contributed by atoms with van der Waals surface area (Å²) in [5.74, 6) is -0.0165. The number of nitrogens with one attached hydrogen (secondary N) is 1. The molecule has 150 valence electrons. The Kier molecular flexibility index (Phi) is 7.13. The van der Waals surface area contributed by atoms with Crippen LogP contribution in [0.15, 0.2) is 48.7 Å². The van der Waals surface area contributed by atoms with Crippen molar-refractivity contribution in [3.8, 4) is 5.88 Å². The van der Waals surface area contributed by atoms with E-state index in [1.54, 1.807) is 17.0 Å². The van der Waals surface area contributed by atoms with Gasteiger partial charge in [0.2, 0.25) is 5.88 Å². The van der Waals surface area contributed by atoms with Crippen molar-refractivity contribution in [3.05, 3.63) is 54.2 Å². The normalized spacial score (nSPS) is 14.9. The SMILES string of the molecule is O=C(Nc1cccnc1OCC(F)F)N1CCC(OCc2ccccc2)CC1. The molecule has 1 aliphatic rings. The summed E-state index contributed by atoms with van der Waals surface area (Å²) >= 11 is 0. The molecule has 1 fully saturated rings. The van der Waals surface area contributed by atoms with Gasteiger partial charge in [-0.1, -0.05) is 30.3 Å². The number of ether oxygens (including phenoxy) is 2. The van der Waals surface area contributed by atoms with Gasteiger partial charge >= 0.3 is 6.03 Å². The van der Waals surface area contributed by atoms with Crippen LogP contribution in [0.5, 0.6) is 5.88 Å². The fraction of sp³-hybridized carbons (Fsp3) is 0.400. The van der Waals surface area contributed by atoms with Crippen molar-refractivity contribution in [1.29, 1.82) is 0 Å². The maximum Gasteiger partial charge on any atom is 0.321 e. The highest BCUT2D eigenvalue weighted by atomic mass is 19.3. The van der Waals surface area contributed by atoms with Gasteiger partial charge in [0.1, 0.15) is 5.69 Å². The third-order valence-electron chi connectivity index (χ3n) is 4.42. The molecule has 1 N–H and O–H groups in total. The molecule has 8 heteroatoms. The molecule has 2 aromatic rings. The van der Waals surface area contributed by atoms with Crippen molar-refractivity contribution >= 4 is 11.7 Å². The number of carbonyl (C=O) groups excluding carboxylic acids is 1. The number of nitrogens with zero attached hydrogens (tertiary/aromatic N) is 2. The van der Waals surface area contributed by atoms with Crippen molar-refractivity contribution < 1.29 is 23.0 Å². The number of piperidine rings is 1. The number of likely N-dealkylation sites (tertiary alicyclic amines) is 1. The van der Waals surface area contributed by atoms with Gasteiger partial charge in [-0.3, -0.25) is 0 Å². The van der Waals surface area contributed by atoms with Crippen molar-refractivity contribution in [1.82, 2.24) is 9.88 Å². The van der Waals surface area contributed by atoms with E-state index in [0.29, 0.717) is 19.7 Å². The standard InChI is InChI=1S/C20H23F2N3O3/c21-18(22)14-28-19-17(7-4-10-23-19)24-20(26)25-11-8-16(9-12-25)27-13-15-5-2-1-3-6-15/h1-7,10,16,18H,8-9,11-14H2,(H,24,26). The van der Waals surface area contributed by atoms with E-state index >= 15 is 0 Å². The van der Waals surface area contributed by atoms with Gasteiger partial charge in [0.05, 0.1) is 12.7 Å². The summed E-state index contributed by atoms with van der Waals surface area (Å²) in [5.41, 5.74) is 1.39. The molecule has 1 aliphatic heterocycles. The molecule has 0 saturated carbocycles. The number of anilines is 1. The third-order valence-corrected chi connectivity index (χ3v) is 4.42. The summed E-state index contributed by atoms with van der Waals surface area (Å²) in [6, 6.07) is 12.8. The molecule has 2 heterocycles. The van der Waals surface area contributed by atoms with Crippen molar-refractivity contribution in [2.75, 3.05) is 25.0 Å². The van der Waals surface area contributed by atoms with Crippen LogP contribution in [0.3, 0.4) is 0 Å². The lowest BCUT2D eigenvalue weighted by Crippen LogP contribution is -2.43. The maximum atomic E-state index is 12.5. The number of hydrogen-bond donors (Lipinski definition) is 1. The Hall–Kier alpha value is -2.74. The van der Waals surface area contributed by atoms with E-state index in [-0.39, 0.29) is 23.7 Å². The molecule has 1 saturated heterocycles. The van der Waals surface area contributed by atoms with Crippen LogP contribution in [0.2, 0.25) is 0 Å². The number of urea groups is 1. The van der Waals surface area contributed by atoms with Gasteiger partial charge < -0.3 is 19.7 Å². The van der Waals surface area contributed by atoms with E-state index in [0.717, 1.165) is 18.4 Å². The van der Waals surface area contributed by atoms with Crippen LogP contribution in [0.4, 0.5) is 19.3 Å². The third kappa shape index (κ3) is 5.88. The Morgan fingerprint density at radius 3 is 2.64 bits per heavy atom. The summed E-state index contributed by atoms with van der Waals surface area (Å²) in [6.07, 6.45) is 0.392. The Bertz CT molecular complexity index is 753. The fourth-order valence-corrected chi connectivity index (χ4v) is 2.95. The van der Waals surface area contributed by atoms with Crippen LogP contribution in [-0.2, 0) is 11.3 Å². The van der Waals surface area contributed by atoms with Crippen molar-refractivity contribution in [3.63, 3.8) is 0 Å². The molecular formula is C20H23F2N3O3. The Balaban J connectivity index is 1.46. The van der Waals surface area contributed by atoms with Gasteiger partial charge in [0.25, 0.3) is 6.43 Å². The van der Waals surface area contributed by atoms with Gasteiger partial charge in [-0.15, -0.1) is 0 Å². The summed E-state index contributed by atoms with van der Waals surface area (Å²) in [5, 5.41) is 2.69. The van der Waals surface area contributed by atoms with Gasteiger partial charge in [-0.05, 0) is 30.5 Å². The number of benzene rings is 1. The summed E-state index contributed by atoms with van der Waals surface area (Å²) in [7, 11) is 0. The highest BCUT2D eigenvalue weighted by Crippen LogP contribution is 2.23. The number of rotatable bonds is 7. The summed E-state index contributed by atoms with van der Waals surface area (Å²) in [4.78, 5) is 18.1. The summed E-state index contributed by atoms with van der Waals surface area (Å²) in [6.45, 7) is 0.889. The number of aromatic nitrogens is 1. The minimum atomic E-state index is -2.61. The quantitative estimate of drug-likeness (QED) is 0.777. The van der Waals surface area contributed by atoms with Crippen LogP contribution >= 0.6 is 0 Å². The first kappa shape index (κ1) is 20.0. The predicted molar refractivity (Wildman–Crippen MR) is 101 cm³/mol. The average Bonchev–Trinajstić information content (AvgIpc) is 2.72. The number of pyridine rings is 1. The van der Waals surface area contributed by atoms with Gasteiger partial charge in [-0.2, -0.15) is 0 Å². The molecule has 0 atom stereocenters. The van der Waals surface area contributed by atoms with Crippen molar-refractivity contribution in [2.24, 2.45) is 0 Å². The molecule has 28 heavy (non-hydrogen) atoms. The first-order chi connectivity index (χ1) is 13.6. The van der Waals surface area contributed by atoms with Crippen LogP contribution in [0.25, 0.3) is 0 Å². The number of carbonyl (C=O) groups is 1. The molecule has 0 bridgehead atoms. The molecule has 0 unspecified atom stereocenters. The molecule has 1 aromatic heterocycles. The van der Waals surface area contributed by atoms with Crippen LogP contribution in [0.1, 0.15) is 18.4 Å². The molecule has 0 aliphatic carbocycles. The number of alkyl halides is 2. The first-order valence-electron chi connectivity index (χ1n) is 9.19. The van der Waals surface area contributed by atoms with E-state index in [1.807, 2.05) is 30.3 Å². The second kappa shape index (κ2) is 9.98. The number of hydrogen-bond acceptors (Lipinski definition) is 4. The monoisotopic (exact) mass is 391 g/mol. The zero-order chi connectivity index (χ0) is 19.8. The van der Waals surface area contributed by atoms with E-state index in [9.17, 15) is 13.6 Å². The molecule has 1 aromatic carbocycles. The maximum absolute atomic E-state index is 12.5. The van der Waals surface area contributed by atoms with Crippen molar-refractivity contribution in [2.45, 2.75) is 32.0 Å². The summed E-state index contributed by atoms with van der Waals surface area (Å²) < 4.78 is 35.6. The van der Waals surface area contributed by atoms with Crippen LogP contribution in [-0.4, -0.2) is 48.1 Å². The largest absolute Gasteiger partial charge is 0.470 e.